The second-order valence-electron chi connectivity index (χ2n) is 4.01. The average molecular weight is 305 g/mol. The first-order chi connectivity index (χ1) is 7.83. The van der Waals surface area contributed by atoms with Crippen molar-refractivity contribution in [2.45, 2.75) is 31.7 Å². The van der Waals surface area contributed by atoms with Crippen molar-refractivity contribution in [3.05, 3.63) is 17.0 Å². The quantitative estimate of drug-likeness (QED) is 0.800. The fraction of sp³-hybridized carbons (Fsp3) is 0.636. The number of hydrogen-bond donors (Lipinski definition) is 0. The summed E-state index contributed by atoms with van der Waals surface area (Å²) < 4.78 is 0.951. The molecule has 16 heavy (non-hydrogen) atoms. The third kappa shape index (κ3) is 2.66. The summed E-state index contributed by atoms with van der Waals surface area (Å²) in [5, 5.41) is 0. The predicted octanol–water partition coefficient (Wildman–Crippen LogP) is 3.23. The monoisotopic (exact) mass is 303 g/mol. The van der Waals surface area contributed by atoms with E-state index in [2.05, 4.69) is 30.8 Å². The van der Waals surface area contributed by atoms with Crippen molar-refractivity contribution in [1.29, 1.82) is 0 Å². The number of rotatable bonds is 4. The van der Waals surface area contributed by atoms with Crippen molar-refractivity contribution in [2.75, 3.05) is 17.3 Å². The fourth-order valence-electron chi connectivity index (χ4n) is 2.29. The molecule has 0 aliphatic heterocycles. The van der Waals surface area contributed by atoms with Crippen LogP contribution in [0.5, 0.6) is 0 Å². The molecule has 0 atom stereocenters. The zero-order valence-corrected chi connectivity index (χ0v) is 11.4. The van der Waals surface area contributed by atoms with Crippen LogP contribution in [0.25, 0.3) is 0 Å². The fourth-order valence-corrected chi connectivity index (χ4v) is 2.92. The van der Waals surface area contributed by atoms with E-state index >= 15 is 0 Å². The highest BCUT2D eigenvalue weighted by molar-refractivity contribution is 9.10. The van der Waals surface area contributed by atoms with Crippen LogP contribution in [0.1, 0.15) is 25.7 Å². The first kappa shape index (κ1) is 12.1. The van der Waals surface area contributed by atoms with E-state index in [0.717, 1.165) is 16.8 Å². The lowest BCUT2D eigenvalue weighted by Crippen LogP contribution is -2.35. The van der Waals surface area contributed by atoms with Gasteiger partial charge in [0, 0.05) is 24.7 Å². The SMILES string of the molecule is ClCCN(c1ncncc1Br)C1CCCC1. The summed E-state index contributed by atoms with van der Waals surface area (Å²) in [7, 11) is 0. The Morgan fingerprint density at radius 2 is 2.19 bits per heavy atom. The molecule has 3 nitrogen and oxygen atoms in total. The molecule has 2 rings (SSSR count). The van der Waals surface area contributed by atoms with E-state index in [9.17, 15) is 0 Å². The van der Waals surface area contributed by atoms with E-state index in [1.807, 2.05) is 0 Å². The first-order valence-electron chi connectivity index (χ1n) is 5.61. The molecular weight excluding hydrogens is 289 g/mol. The van der Waals surface area contributed by atoms with E-state index in [0.29, 0.717) is 11.9 Å². The molecule has 1 aliphatic carbocycles. The maximum absolute atomic E-state index is 5.88. The van der Waals surface area contributed by atoms with Crippen LogP contribution in [0.3, 0.4) is 0 Å². The van der Waals surface area contributed by atoms with Crippen LogP contribution in [0.4, 0.5) is 5.82 Å². The Morgan fingerprint density at radius 1 is 1.44 bits per heavy atom. The van der Waals surface area contributed by atoms with Crippen molar-refractivity contribution in [1.82, 2.24) is 9.97 Å². The highest BCUT2D eigenvalue weighted by Gasteiger charge is 2.24. The van der Waals surface area contributed by atoms with Gasteiger partial charge in [0.05, 0.1) is 4.47 Å². The number of aromatic nitrogens is 2. The first-order valence-corrected chi connectivity index (χ1v) is 6.94. The van der Waals surface area contributed by atoms with Crippen molar-refractivity contribution in [3.8, 4) is 0 Å². The third-order valence-corrected chi connectivity index (χ3v) is 3.74. The maximum Gasteiger partial charge on any atom is 0.146 e. The zero-order valence-electron chi connectivity index (χ0n) is 9.07. The smallest absolute Gasteiger partial charge is 0.146 e. The van der Waals surface area contributed by atoms with Crippen LogP contribution in [-0.2, 0) is 0 Å². The molecular formula is C11H15BrClN3. The third-order valence-electron chi connectivity index (χ3n) is 3.01. The van der Waals surface area contributed by atoms with Crippen LogP contribution in [0.2, 0.25) is 0 Å². The minimum atomic E-state index is 0.588. The Morgan fingerprint density at radius 3 is 2.81 bits per heavy atom. The van der Waals surface area contributed by atoms with Gasteiger partial charge < -0.3 is 4.90 Å². The molecule has 5 heteroatoms. The molecule has 1 aliphatic rings. The van der Waals surface area contributed by atoms with E-state index in [1.54, 1.807) is 12.5 Å². The summed E-state index contributed by atoms with van der Waals surface area (Å²) in [6.45, 7) is 0.849. The molecule has 0 amide bonds. The van der Waals surface area contributed by atoms with Crippen LogP contribution in [0.15, 0.2) is 17.0 Å². The van der Waals surface area contributed by atoms with Gasteiger partial charge in [0.1, 0.15) is 12.1 Å². The standard InChI is InChI=1S/C11H15BrClN3/c12-10-7-14-8-15-11(10)16(6-5-13)9-3-1-2-4-9/h7-9H,1-6H2. The summed E-state index contributed by atoms with van der Waals surface area (Å²) in [4.78, 5) is 10.7. The molecule has 88 valence electrons. The van der Waals surface area contributed by atoms with Gasteiger partial charge in [-0.05, 0) is 28.8 Å². The molecule has 0 bridgehead atoms. The number of halogens is 2. The van der Waals surface area contributed by atoms with Gasteiger partial charge in [-0.3, -0.25) is 0 Å². The van der Waals surface area contributed by atoms with E-state index < -0.39 is 0 Å². The number of nitrogens with zero attached hydrogens (tertiary/aromatic N) is 3. The summed E-state index contributed by atoms with van der Waals surface area (Å²) in [5.74, 6) is 1.61. The highest BCUT2D eigenvalue weighted by atomic mass is 79.9. The molecule has 0 radical (unpaired) electrons. The van der Waals surface area contributed by atoms with Gasteiger partial charge in [-0.15, -0.1) is 11.6 Å². The van der Waals surface area contributed by atoms with Gasteiger partial charge in [-0.1, -0.05) is 12.8 Å². The van der Waals surface area contributed by atoms with Crippen LogP contribution >= 0.6 is 27.5 Å². The predicted molar refractivity (Wildman–Crippen MR) is 70.1 cm³/mol. The van der Waals surface area contributed by atoms with Gasteiger partial charge in [-0.2, -0.15) is 0 Å². The van der Waals surface area contributed by atoms with Crippen molar-refractivity contribution in [3.63, 3.8) is 0 Å². The zero-order chi connectivity index (χ0) is 11.4. The van der Waals surface area contributed by atoms with Gasteiger partial charge >= 0.3 is 0 Å². The van der Waals surface area contributed by atoms with Crippen LogP contribution in [-0.4, -0.2) is 28.4 Å². The summed E-state index contributed by atoms with van der Waals surface area (Å²) in [6, 6.07) is 0.588. The van der Waals surface area contributed by atoms with Crippen molar-refractivity contribution in [2.24, 2.45) is 0 Å². The number of hydrogen-bond acceptors (Lipinski definition) is 3. The van der Waals surface area contributed by atoms with E-state index in [1.165, 1.54) is 25.7 Å². The highest BCUT2D eigenvalue weighted by Crippen LogP contribution is 2.30. The molecule has 1 aromatic rings. The van der Waals surface area contributed by atoms with E-state index in [4.69, 9.17) is 11.6 Å². The lowest BCUT2D eigenvalue weighted by atomic mass is 10.2. The average Bonchev–Trinajstić information content (AvgIpc) is 2.80. The molecule has 0 saturated heterocycles. The van der Waals surface area contributed by atoms with Gasteiger partial charge in [0.25, 0.3) is 0 Å². The van der Waals surface area contributed by atoms with Crippen molar-refractivity contribution < 1.29 is 0 Å². The van der Waals surface area contributed by atoms with Crippen molar-refractivity contribution >= 4 is 33.3 Å². The Hall–Kier alpha value is -0.350. The Bertz CT molecular complexity index is 342. The summed E-state index contributed by atoms with van der Waals surface area (Å²) in [6.07, 6.45) is 8.49. The molecule has 1 saturated carbocycles. The Labute approximate surface area is 109 Å². The van der Waals surface area contributed by atoms with Gasteiger partial charge in [0.2, 0.25) is 0 Å². The van der Waals surface area contributed by atoms with E-state index in [-0.39, 0.29) is 0 Å². The molecule has 1 heterocycles. The second-order valence-corrected chi connectivity index (χ2v) is 5.25. The minimum Gasteiger partial charge on any atom is -0.351 e. The largest absolute Gasteiger partial charge is 0.351 e. The summed E-state index contributed by atoms with van der Waals surface area (Å²) >= 11 is 9.38. The molecule has 1 fully saturated rings. The van der Waals surface area contributed by atoms with Crippen LogP contribution in [0, 0.1) is 0 Å². The number of alkyl halides is 1. The minimum absolute atomic E-state index is 0.588. The topological polar surface area (TPSA) is 29.0 Å². The molecule has 0 N–H and O–H groups in total. The van der Waals surface area contributed by atoms with Gasteiger partial charge in [0.15, 0.2) is 0 Å². The molecule has 1 aromatic heterocycles. The maximum atomic E-state index is 5.88. The second kappa shape index (κ2) is 5.82. The normalized spacial score (nSPS) is 16.6. The molecule has 0 aromatic carbocycles. The molecule has 0 spiro atoms. The molecule has 0 unspecified atom stereocenters. The van der Waals surface area contributed by atoms with Crippen LogP contribution < -0.4 is 4.90 Å². The lowest BCUT2D eigenvalue weighted by Gasteiger charge is -2.29. The summed E-state index contributed by atoms with van der Waals surface area (Å²) in [5.41, 5.74) is 0. The Balaban J connectivity index is 2.21. The number of anilines is 1. The Kier molecular flexibility index (Phi) is 4.41. The lowest BCUT2D eigenvalue weighted by molar-refractivity contribution is 0.612. The van der Waals surface area contributed by atoms with Gasteiger partial charge in [-0.25, -0.2) is 9.97 Å².